The van der Waals surface area contributed by atoms with Gasteiger partial charge in [-0.2, -0.15) is 0 Å². The molecule has 1 fully saturated rings. The number of nitrogens with zero attached hydrogens (tertiary/aromatic N) is 1. The fraction of sp³-hybridized carbons (Fsp3) is 0.529. The summed E-state index contributed by atoms with van der Waals surface area (Å²) in [6.07, 6.45) is 2.65. The fourth-order valence-corrected chi connectivity index (χ4v) is 2.72. The van der Waals surface area contributed by atoms with E-state index in [1.807, 2.05) is 18.2 Å². The number of hydrogen-bond acceptors (Lipinski definition) is 3. The van der Waals surface area contributed by atoms with E-state index in [4.69, 9.17) is 0 Å². The zero-order chi connectivity index (χ0) is 15.9. The second-order valence-corrected chi connectivity index (χ2v) is 5.80. The molecule has 1 aliphatic heterocycles. The van der Waals surface area contributed by atoms with Crippen LogP contribution in [-0.4, -0.2) is 47.1 Å². The molecule has 2 amide bonds. The number of benzene rings is 1. The summed E-state index contributed by atoms with van der Waals surface area (Å²) in [4.78, 5) is 26.6. The SMILES string of the molecule is CC(O)CCNC(=O)C1CCCCN1C(=O)c1ccccc1. The summed E-state index contributed by atoms with van der Waals surface area (Å²) >= 11 is 0. The van der Waals surface area contributed by atoms with Crippen LogP contribution in [0.25, 0.3) is 0 Å². The predicted molar refractivity (Wildman–Crippen MR) is 84.4 cm³/mol. The number of rotatable bonds is 5. The summed E-state index contributed by atoms with van der Waals surface area (Å²) in [5.41, 5.74) is 0.617. The van der Waals surface area contributed by atoms with E-state index < -0.39 is 12.1 Å². The highest BCUT2D eigenvalue weighted by molar-refractivity contribution is 5.97. The van der Waals surface area contributed by atoms with Crippen molar-refractivity contribution in [3.05, 3.63) is 35.9 Å². The lowest BCUT2D eigenvalue weighted by atomic mass is 10.00. The summed E-state index contributed by atoms with van der Waals surface area (Å²) in [6, 6.07) is 8.67. The lowest BCUT2D eigenvalue weighted by Gasteiger charge is -2.34. The Bertz CT molecular complexity index is 502. The molecular formula is C17H24N2O3. The van der Waals surface area contributed by atoms with Crippen molar-refractivity contribution in [1.29, 1.82) is 0 Å². The van der Waals surface area contributed by atoms with Gasteiger partial charge in [-0.3, -0.25) is 9.59 Å². The molecular weight excluding hydrogens is 280 g/mol. The molecule has 5 heteroatoms. The number of aliphatic hydroxyl groups is 1. The van der Waals surface area contributed by atoms with Crippen molar-refractivity contribution >= 4 is 11.8 Å². The first kappa shape index (κ1) is 16.5. The molecule has 0 saturated carbocycles. The molecule has 2 atom stereocenters. The quantitative estimate of drug-likeness (QED) is 0.867. The minimum Gasteiger partial charge on any atom is -0.393 e. The molecule has 0 radical (unpaired) electrons. The minimum absolute atomic E-state index is 0.0871. The van der Waals surface area contributed by atoms with Crippen LogP contribution in [-0.2, 0) is 4.79 Å². The average molecular weight is 304 g/mol. The first-order chi connectivity index (χ1) is 10.6. The molecule has 22 heavy (non-hydrogen) atoms. The normalized spacial score (nSPS) is 19.5. The molecule has 0 bridgehead atoms. The molecule has 1 saturated heterocycles. The van der Waals surface area contributed by atoms with E-state index in [0.717, 1.165) is 12.8 Å². The van der Waals surface area contributed by atoms with Crippen LogP contribution in [0.15, 0.2) is 30.3 Å². The van der Waals surface area contributed by atoms with Gasteiger partial charge in [0.05, 0.1) is 6.10 Å². The van der Waals surface area contributed by atoms with E-state index in [1.165, 1.54) is 0 Å². The van der Waals surface area contributed by atoms with E-state index in [9.17, 15) is 14.7 Å². The van der Waals surface area contributed by atoms with Crippen LogP contribution in [0.1, 0.15) is 43.0 Å². The van der Waals surface area contributed by atoms with E-state index in [0.29, 0.717) is 31.5 Å². The Morgan fingerprint density at radius 3 is 2.73 bits per heavy atom. The van der Waals surface area contributed by atoms with Gasteiger partial charge in [-0.1, -0.05) is 18.2 Å². The Hall–Kier alpha value is -1.88. The molecule has 1 aromatic carbocycles. The highest BCUT2D eigenvalue weighted by Crippen LogP contribution is 2.20. The maximum Gasteiger partial charge on any atom is 0.254 e. The van der Waals surface area contributed by atoms with Crippen molar-refractivity contribution in [1.82, 2.24) is 10.2 Å². The first-order valence-corrected chi connectivity index (χ1v) is 7.91. The summed E-state index contributed by atoms with van der Waals surface area (Å²) in [7, 11) is 0. The number of carbonyl (C=O) groups excluding carboxylic acids is 2. The van der Waals surface area contributed by atoms with E-state index in [2.05, 4.69) is 5.32 Å². The van der Waals surface area contributed by atoms with Crippen molar-refractivity contribution in [3.8, 4) is 0 Å². The van der Waals surface area contributed by atoms with Gasteiger partial charge < -0.3 is 15.3 Å². The van der Waals surface area contributed by atoms with Crippen LogP contribution >= 0.6 is 0 Å². The molecule has 0 aromatic heterocycles. The zero-order valence-electron chi connectivity index (χ0n) is 13.0. The van der Waals surface area contributed by atoms with Crippen LogP contribution in [0, 0.1) is 0 Å². The van der Waals surface area contributed by atoms with Crippen molar-refractivity contribution in [2.24, 2.45) is 0 Å². The monoisotopic (exact) mass is 304 g/mol. The van der Waals surface area contributed by atoms with Crippen molar-refractivity contribution < 1.29 is 14.7 Å². The smallest absolute Gasteiger partial charge is 0.254 e. The van der Waals surface area contributed by atoms with Crippen molar-refractivity contribution in [3.63, 3.8) is 0 Å². The summed E-state index contributed by atoms with van der Waals surface area (Å²) in [5.74, 6) is -0.208. The van der Waals surface area contributed by atoms with Gasteiger partial charge in [-0.25, -0.2) is 0 Å². The molecule has 1 aliphatic rings. The molecule has 5 nitrogen and oxygen atoms in total. The number of carbonyl (C=O) groups is 2. The number of nitrogens with one attached hydrogen (secondary N) is 1. The third kappa shape index (κ3) is 4.31. The number of hydrogen-bond donors (Lipinski definition) is 2. The fourth-order valence-electron chi connectivity index (χ4n) is 2.72. The van der Waals surface area contributed by atoms with E-state index in [-0.39, 0.29) is 11.8 Å². The van der Waals surface area contributed by atoms with Gasteiger partial charge in [0.25, 0.3) is 5.91 Å². The van der Waals surface area contributed by atoms with E-state index in [1.54, 1.807) is 24.0 Å². The molecule has 2 rings (SSSR count). The largest absolute Gasteiger partial charge is 0.393 e. The molecule has 1 aromatic rings. The second kappa shape index (κ2) is 7.94. The molecule has 0 aliphatic carbocycles. The summed E-state index contributed by atoms with van der Waals surface area (Å²) in [6.45, 7) is 2.74. The Kier molecular flexibility index (Phi) is 5.95. The molecule has 1 heterocycles. The van der Waals surface area contributed by atoms with Gasteiger partial charge in [0.1, 0.15) is 6.04 Å². The number of aliphatic hydroxyl groups excluding tert-OH is 1. The lowest BCUT2D eigenvalue weighted by Crippen LogP contribution is -2.52. The van der Waals surface area contributed by atoms with Crippen molar-refractivity contribution in [2.45, 2.75) is 44.8 Å². The Morgan fingerprint density at radius 1 is 1.32 bits per heavy atom. The minimum atomic E-state index is -0.436. The van der Waals surface area contributed by atoms with Crippen LogP contribution in [0.4, 0.5) is 0 Å². The number of piperidine rings is 1. The second-order valence-electron chi connectivity index (χ2n) is 5.80. The lowest BCUT2D eigenvalue weighted by molar-refractivity contribution is -0.126. The highest BCUT2D eigenvalue weighted by Gasteiger charge is 2.32. The first-order valence-electron chi connectivity index (χ1n) is 7.91. The summed E-state index contributed by atoms with van der Waals surface area (Å²) < 4.78 is 0. The number of amides is 2. The van der Waals surface area contributed by atoms with Crippen LogP contribution in [0.3, 0.4) is 0 Å². The van der Waals surface area contributed by atoms with Crippen LogP contribution < -0.4 is 5.32 Å². The van der Waals surface area contributed by atoms with Gasteiger partial charge in [-0.05, 0) is 44.7 Å². The predicted octanol–water partition coefficient (Wildman–Crippen LogP) is 1.57. The highest BCUT2D eigenvalue weighted by atomic mass is 16.3. The number of likely N-dealkylation sites (tertiary alicyclic amines) is 1. The van der Waals surface area contributed by atoms with Crippen molar-refractivity contribution in [2.75, 3.05) is 13.1 Å². The van der Waals surface area contributed by atoms with Gasteiger partial charge >= 0.3 is 0 Å². The standard InChI is InChI=1S/C17H24N2O3/c1-13(20)10-11-18-16(21)15-9-5-6-12-19(15)17(22)14-7-3-2-4-8-14/h2-4,7-8,13,15,20H,5-6,9-12H2,1H3,(H,18,21). The molecule has 2 N–H and O–H groups in total. The summed E-state index contributed by atoms with van der Waals surface area (Å²) in [5, 5.41) is 12.1. The van der Waals surface area contributed by atoms with Crippen LogP contribution in [0.2, 0.25) is 0 Å². The van der Waals surface area contributed by atoms with Gasteiger partial charge in [0.15, 0.2) is 0 Å². The van der Waals surface area contributed by atoms with Gasteiger partial charge in [0.2, 0.25) is 5.91 Å². The topological polar surface area (TPSA) is 69.6 Å². The molecule has 2 unspecified atom stereocenters. The Balaban J connectivity index is 2.01. The van der Waals surface area contributed by atoms with E-state index >= 15 is 0 Å². The average Bonchev–Trinajstić information content (AvgIpc) is 2.54. The zero-order valence-corrected chi connectivity index (χ0v) is 13.0. The Morgan fingerprint density at radius 2 is 2.05 bits per heavy atom. The third-order valence-corrected chi connectivity index (χ3v) is 3.95. The maximum absolute atomic E-state index is 12.6. The molecule has 120 valence electrons. The molecule has 0 spiro atoms. The van der Waals surface area contributed by atoms with Crippen LogP contribution in [0.5, 0.6) is 0 Å². The third-order valence-electron chi connectivity index (χ3n) is 3.95. The van der Waals surface area contributed by atoms with Gasteiger partial charge in [-0.15, -0.1) is 0 Å². The Labute approximate surface area is 131 Å². The maximum atomic E-state index is 12.6. The van der Waals surface area contributed by atoms with Gasteiger partial charge in [0, 0.05) is 18.7 Å².